The van der Waals surface area contributed by atoms with Crippen LogP contribution in [0, 0.1) is 20.8 Å². The Hall–Kier alpha value is -1.82. The van der Waals surface area contributed by atoms with Gasteiger partial charge in [0, 0.05) is 17.1 Å². The van der Waals surface area contributed by atoms with Crippen molar-refractivity contribution in [1.82, 2.24) is 9.36 Å². The van der Waals surface area contributed by atoms with E-state index >= 15 is 0 Å². The summed E-state index contributed by atoms with van der Waals surface area (Å²) in [6, 6.07) is 3.63. The first kappa shape index (κ1) is 11.7. The van der Waals surface area contributed by atoms with Crippen molar-refractivity contribution in [2.45, 2.75) is 20.8 Å². The van der Waals surface area contributed by atoms with Gasteiger partial charge in [-0.2, -0.15) is 4.37 Å². The molecule has 0 aliphatic carbocycles. The summed E-state index contributed by atoms with van der Waals surface area (Å²) in [5.74, 6) is 0.947. The third-order valence-electron chi connectivity index (χ3n) is 2.36. The minimum Gasteiger partial charge on any atom is -0.507 e. The zero-order chi connectivity index (χ0) is 12.4. The summed E-state index contributed by atoms with van der Waals surface area (Å²) in [4.78, 5) is 4.08. The standard InChI is InChI=1S/C11H12N4OS/c1-6-4-5-9(7(2)10(6)16)13-14-11-12-8(3)15-17-11/h4-5,16H,1-3H3. The number of phenols is 1. The largest absolute Gasteiger partial charge is 0.507 e. The third kappa shape index (κ3) is 2.47. The highest BCUT2D eigenvalue weighted by molar-refractivity contribution is 7.09. The van der Waals surface area contributed by atoms with Gasteiger partial charge in [-0.25, -0.2) is 4.98 Å². The van der Waals surface area contributed by atoms with Gasteiger partial charge in [0.05, 0.1) is 5.69 Å². The lowest BCUT2D eigenvalue weighted by Crippen LogP contribution is -1.80. The SMILES string of the molecule is Cc1nsc(N=Nc2ccc(C)c(O)c2C)n1. The molecule has 1 aromatic heterocycles. The quantitative estimate of drug-likeness (QED) is 0.825. The van der Waals surface area contributed by atoms with Crippen molar-refractivity contribution in [3.63, 3.8) is 0 Å². The van der Waals surface area contributed by atoms with E-state index < -0.39 is 0 Å². The van der Waals surface area contributed by atoms with E-state index in [1.54, 1.807) is 6.92 Å². The lowest BCUT2D eigenvalue weighted by Gasteiger charge is -2.04. The average Bonchev–Trinajstić information content (AvgIpc) is 2.71. The fourth-order valence-electron chi connectivity index (χ4n) is 1.36. The highest BCUT2D eigenvalue weighted by Gasteiger charge is 2.05. The monoisotopic (exact) mass is 248 g/mol. The van der Waals surface area contributed by atoms with Crippen molar-refractivity contribution >= 4 is 22.4 Å². The van der Waals surface area contributed by atoms with Crippen LogP contribution >= 0.6 is 11.5 Å². The van der Waals surface area contributed by atoms with Crippen molar-refractivity contribution in [2.24, 2.45) is 10.2 Å². The molecule has 2 rings (SSSR count). The van der Waals surface area contributed by atoms with Gasteiger partial charge in [-0.05, 0) is 32.4 Å². The van der Waals surface area contributed by atoms with E-state index in [4.69, 9.17) is 0 Å². The van der Waals surface area contributed by atoms with Crippen LogP contribution in [0.2, 0.25) is 0 Å². The highest BCUT2D eigenvalue weighted by atomic mass is 32.1. The summed E-state index contributed by atoms with van der Waals surface area (Å²) in [5, 5.41) is 18.3. The molecule has 0 bridgehead atoms. The smallest absolute Gasteiger partial charge is 0.249 e. The summed E-state index contributed by atoms with van der Waals surface area (Å²) in [7, 11) is 0. The summed E-state index contributed by atoms with van der Waals surface area (Å²) in [6.07, 6.45) is 0. The van der Waals surface area contributed by atoms with Crippen LogP contribution in [0.4, 0.5) is 10.8 Å². The zero-order valence-corrected chi connectivity index (χ0v) is 10.6. The van der Waals surface area contributed by atoms with Crippen molar-refractivity contribution in [3.05, 3.63) is 29.1 Å². The molecule has 2 aromatic rings. The predicted octanol–water partition coefficient (Wildman–Crippen LogP) is 3.58. The van der Waals surface area contributed by atoms with Gasteiger partial charge >= 0.3 is 0 Å². The number of aromatic hydroxyl groups is 1. The molecule has 0 fully saturated rings. The molecule has 0 atom stereocenters. The summed E-state index contributed by atoms with van der Waals surface area (Å²) in [6.45, 7) is 5.46. The van der Waals surface area contributed by atoms with Crippen LogP contribution in [0.15, 0.2) is 22.4 Å². The van der Waals surface area contributed by atoms with Gasteiger partial charge in [0.25, 0.3) is 0 Å². The maximum Gasteiger partial charge on any atom is 0.249 e. The van der Waals surface area contributed by atoms with E-state index in [1.165, 1.54) is 11.5 Å². The first-order valence-corrected chi connectivity index (χ1v) is 5.86. The summed E-state index contributed by atoms with van der Waals surface area (Å²) < 4.78 is 4.01. The zero-order valence-electron chi connectivity index (χ0n) is 9.80. The Bertz CT molecular complexity index is 577. The fourth-order valence-corrected chi connectivity index (χ4v) is 1.86. The van der Waals surface area contributed by atoms with Gasteiger partial charge in [-0.1, -0.05) is 6.07 Å². The summed E-state index contributed by atoms with van der Waals surface area (Å²) >= 11 is 1.20. The number of nitrogens with zero attached hydrogens (tertiary/aromatic N) is 4. The molecule has 1 heterocycles. The molecule has 0 unspecified atom stereocenters. The number of aryl methyl sites for hydroxylation is 2. The molecule has 0 aliphatic heterocycles. The first-order chi connectivity index (χ1) is 8.08. The second-order valence-corrected chi connectivity index (χ2v) is 4.43. The average molecular weight is 248 g/mol. The molecule has 0 saturated heterocycles. The van der Waals surface area contributed by atoms with Crippen LogP contribution in [-0.2, 0) is 0 Å². The molecule has 6 heteroatoms. The number of phenolic OH excluding ortho intramolecular Hbond substituents is 1. The molecular formula is C11H12N4OS. The normalized spacial score (nSPS) is 11.2. The van der Waals surface area contributed by atoms with Crippen LogP contribution in [0.25, 0.3) is 0 Å². The van der Waals surface area contributed by atoms with Crippen molar-refractivity contribution in [1.29, 1.82) is 0 Å². The summed E-state index contributed by atoms with van der Waals surface area (Å²) in [5.41, 5.74) is 2.18. The van der Waals surface area contributed by atoms with Gasteiger partial charge in [-0.3, -0.25) is 0 Å². The van der Waals surface area contributed by atoms with Gasteiger partial charge in [0.15, 0.2) is 0 Å². The number of hydrogen-bond acceptors (Lipinski definition) is 6. The second kappa shape index (κ2) is 4.58. The Morgan fingerprint density at radius 1 is 1.18 bits per heavy atom. The number of aromatic nitrogens is 2. The van der Waals surface area contributed by atoms with Crippen LogP contribution in [-0.4, -0.2) is 14.5 Å². The lowest BCUT2D eigenvalue weighted by atomic mass is 10.1. The molecule has 0 amide bonds. The topological polar surface area (TPSA) is 70.7 Å². The predicted molar refractivity (Wildman–Crippen MR) is 66.4 cm³/mol. The maximum atomic E-state index is 9.76. The van der Waals surface area contributed by atoms with E-state index in [0.717, 1.165) is 11.1 Å². The van der Waals surface area contributed by atoms with Crippen LogP contribution in [0.5, 0.6) is 5.75 Å². The minimum absolute atomic E-state index is 0.259. The molecule has 0 saturated carbocycles. The van der Waals surface area contributed by atoms with E-state index in [0.29, 0.717) is 16.6 Å². The van der Waals surface area contributed by atoms with Gasteiger partial charge in [0.1, 0.15) is 11.6 Å². The first-order valence-electron chi connectivity index (χ1n) is 5.09. The third-order valence-corrected chi connectivity index (χ3v) is 3.06. The number of rotatable bonds is 2. The highest BCUT2D eigenvalue weighted by Crippen LogP contribution is 2.31. The Morgan fingerprint density at radius 2 is 1.94 bits per heavy atom. The Kier molecular flexibility index (Phi) is 3.14. The Balaban J connectivity index is 2.30. The molecule has 5 nitrogen and oxygen atoms in total. The van der Waals surface area contributed by atoms with E-state index in [9.17, 15) is 5.11 Å². The molecule has 88 valence electrons. The van der Waals surface area contributed by atoms with Crippen LogP contribution in [0.1, 0.15) is 17.0 Å². The van der Waals surface area contributed by atoms with E-state index in [2.05, 4.69) is 19.6 Å². The molecule has 1 N–H and O–H groups in total. The second-order valence-electron chi connectivity index (χ2n) is 3.70. The lowest BCUT2D eigenvalue weighted by molar-refractivity contribution is 0.467. The van der Waals surface area contributed by atoms with Crippen molar-refractivity contribution in [3.8, 4) is 5.75 Å². The molecular weight excluding hydrogens is 236 g/mol. The Morgan fingerprint density at radius 3 is 2.59 bits per heavy atom. The van der Waals surface area contributed by atoms with Crippen LogP contribution in [0.3, 0.4) is 0 Å². The van der Waals surface area contributed by atoms with Gasteiger partial charge in [-0.15, -0.1) is 10.2 Å². The minimum atomic E-state index is 0.259. The molecule has 0 spiro atoms. The number of hydrogen-bond donors (Lipinski definition) is 1. The fraction of sp³-hybridized carbons (Fsp3) is 0.273. The molecule has 17 heavy (non-hydrogen) atoms. The van der Waals surface area contributed by atoms with Gasteiger partial charge in [0.2, 0.25) is 5.13 Å². The molecule has 0 radical (unpaired) electrons. The molecule has 1 aromatic carbocycles. The Labute approximate surface area is 103 Å². The molecule has 0 aliphatic rings. The number of benzene rings is 1. The maximum absolute atomic E-state index is 9.76. The van der Waals surface area contributed by atoms with Crippen molar-refractivity contribution in [2.75, 3.05) is 0 Å². The van der Waals surface area contributed by atoms with Gasteiger partial charge < -0.3 is 5.11 Å². The van der Waals surface area contributed by atoms with E-state index in [-0.39, 0.29) is 5.75 Å². The van der Waals surface area contributed by atoms with Crippen molar-refractivity contribution < 1.29 is 5.11 Å². The number of azo groups is 1. The van der Waals surface area contributed by atoms with E-state index in [1.807, 2.05) is 26.0 Å². The van der Waals surface area contributed by atoms with Crippen LogP contribution < -0.4 is 0 Å².